The van der Waals surface area contributed by atoms with Gasteiger partial charge in [0, 0.05) is 23.6 Å². The summed E-state index contributed by atoms with van der Waals surface area (Å²) in [6, 6.07) is 9.00. The largest absolute Gasteiger partial charge is 0.274 e. The number of alkyl halides is 1. The lowest BCUT2D eigenvalue weighted by atomic mass is 9.94. The normalized spacial score (nSPS) is 18.0. The number of carbonyl (C=O) groups excluding carboxylic acids is 2. The molecule has 1 fully saturated rings. The van der Waals surface area contributed by atoms with Gasteiger partial charge in [-0.3, -0.25) is 39.9 Å². The quantitative estimate of drug-likeness (QED) is 0.264. The van der Waals surface area contributed by atoms with Gasteiger partial charge in [0.15, 0.2) is 0 Å². The summed E-state index contributed by atoms with van der Waals surface area (Å²) in [5.41, 5.74) is 2.77. The Morgan fingerprint density at radius 3 is 2.61 bits per heavy atom. The Bertz CT molecular complexity index is 1240. The first-order chi connectivity index (χ1) is 14.8. The Hall–Kier alpha value is -4.06. The van der Waals surface area contributed by atoms with Gasteiger partial charge in [-0.05, 0) is 12.1 Å². The van der Waals surface area contributed by atoms with E-state index in [4.69, 9.17) is 11.6 Å². The molecule has 0 spiro atoms. The van der Waals surface area contributed by atoms with Crippen molar-refractivity contribution in [3.05, 3.63) is 74.5 Å². The highest BCUT2D eigenvalue weighted by molar-refractivity contribution is 6.33. The molecule has 1 aromatic heterocycles. The number of aromatic nitrogens is 2. The number of nitro groups is 2. The van der Waals surface area contributed by atoms with Crippen LogP contribution in [0.15, 0.2) is 48.7 Å². The zero-order chi connectivity index (χ0) is 22.3. The Balaban J connectivity index is 1.53. The fraction of sp³-hybridized carbons (Fsp3) is 0.167. The molecule has 0 saturated carbocycles. The number of halogens is 1. The third-order valence-electron chi connectivity index (χ3n) is 4.86. The summed E-state index contributed by atoms with van der Waals surface area (Å²) in [6.45, 7) is -0.290. The Kier molecular flexibility index (Phi) is 4.99. The molecule has 4 rings (SSSR count). The summed E-state index contributed by atoms with van der Waals surface area (Å²) < 4.78 is 1.32. The highest BCUT2D eigenvalue weighted by atomic mass is 35.5. The molecule has 31 heavy (non-hydrogen) atoms. The summed E-state index contributed by atoms with van der Waals surface area (Å²) in [5, 5.41) is 26.6. The van der Waals surface area contributed by atoms with Crippen molar-refractivity contribution >= 4 is 45.7 Å². The SMILES string of the molecule is O=C(Cn1ncc2cc([N+](=O)[O-])ccc21)NN1C(=O)C(Cl)C1c1ccccc1[N+](=O)[O-]. The molecule has 1 aliphatic rings. The molecule has 0 bridgehead atoms. The number of hydrogen-bond donors (Lipinski definition) is 1. The topological polar surface area (TPSA) is 154 Å². The number of nitro benzene ring substituents is 2. The second-order valence-corrected chi connectivity index (χ2v) is 7.18. The molecule has 12 nitrogen and oxygen atoms in total. The molecule has 3 aromatic rings. The maximum absolute atomic E-state index is 12.5. The van der Waals surface area contributed by atoms with E-state index in [2.05, 4.69) is 10.5 Å². The van der Waals surface area contributed by atoms with Gasteiger partial charge in [0.2, 0.25) is 0 Å². The number of hydrogen-bond acceptors (Lipinski definition) is 7. The van der Waals surface area contributed by atoms with E-state index in [1.54, 1.807) is 6.07 Å². The van der Waals surface area contributed by atoms with E-state index in [-0.39, 0.29) is 23.5 Å². The van der Waals surface area contributed by atoms with Crippen LogP contribution in [-0.2, 0) is 16.1 Å². The van der Waals surface area contributed by atoms with Crippen LogP contribution in [-0.4, -0.2) is 41.8 Å². The maximum Gasteiger partial charge on any atom is 0.274 e. The minimum atomic E-state index is -1.06. The fourth-order valence-electron chi connectivity index (χ4n) is 3.40. The maximum atomic E-state index is 12.5. The molecule has 1 saturated heterocycles. The van der Waals surface area contributed by atoms with Crippen LogP contribution in [0.1, 0.15) is 11.6 Å². The number of amides is 2. The standard InChI is InChI=1S/C18H13ClN6O6/c19-16-17(12-3-1-2-4-14(12)25(30)31)23(18(16)27)21-15(26)9-22-13-6-5-11(24(28)29)7-10(13)8-20-22/h1-8,16-17H,9H2,(H,21,26). The van der Waals surface area contributed by atoms with Crippen molar-refractivity contribution in [2.45, 2.75) is 18.0 Å². The van der Waals surface area contributed by atoms with Gasteiger partial charge in [-0.15, -0.1) is 11.6 Å². The fourth-order valence-corrected chi connectivity index (χ4v) is 3.75. The molecule has 158 valence electrons. The van der Waals surface area contributed by atoms with Crippen LogP contribution in [0.25, 0.3) is 10.9 Å². The minimum absolute atomic E-state index is 0.108. The summed E-state index contributed by atoms with van der Waals surface area (Å²) in [5.74, 6) is -1.22. The van der Waals surface area contributed by atoms with Crippen molar-refractivity contribution in [3.8, 4) is 0 Å². The average molecular weight is 445 g/mol. The second-order valence-electron chi connectivity index (χ2n) is 6.71. The van der Waals surface area contributed by atoms with Gasteiger partial charge in [0.05, 0.1) is 27.1 Å². The Morgan fingerprint density at radius 1 is 1.16 bits per heavy atom. The first-order valence-corrected chi connectivity index (χ1v) is 9.31. The monoisotopic (exact) mass is 444 g/mol. The molecule has 1 aliphatic heterocycles. The van der Waals surface area contributed by atoms with Crippen molar-refractivity contribution in [3.63, 3.8) is 0 Å². The van der Waals surface area contributed by atoms with Crippen molar-refractivity contribution in [1.82, 2.24) is 20.2 Å². The molecular weight excluding hydrogens is 432 g/mol. The zero-order valence-corrected chi connectivity index (χ0v) is 16.3. The predicted octanol–water partition coefficient (Wildman–Crippen LogP) is 2.07. The zero-order valence-electron chi connectivity index (χ0n) is 15.5. The molecular formula is C18H13ClN6O6. The molecule has 0 aliphatic carbocycles. The van der Waals surface area contributed by atoms with Gasteiger partial charge in [0.25, 0.3) is 23.2 Å². The number of nitrogens with zero attached hydrogens (tertiary/aromatic N) is 5. The van der Waals surface area contributed by atoms with Crippen LogP contribution < -0.4 is 5.43 Å². The van der Waals surface area contributed by atoms with E-state index >= 15 is 0 Å². The number of para-hydroxylation sites is 1. The van der Waals surface area contributed by atoms with Crippen LogP contribution >= 0.6 is 11.6 Å². The van der Waals surface area contributed by atoms with Crippen molar-refractivity contribution in [2.75, 3.05) is 0 Å². The third kappa shape index (κ3) is 3.53. The number of fused-ring (bicyclic) bond motifs is 1. The third-order valence-corrected chi connectivity index (χ3v) is 5.28. The Morgan fingerprint density at radius 2 is 1.90 bits per heavy atom. The summed E-state index contributed by atoms with van der Waals surface area (Å²) in [6.07, 6.45) is 1.38. The van der Waals surface area contributed by atoms with E-state index < -0.39 is 33.1 Å². The van der Waals surface area contributed by atoms with Gasteiger partial charge < -0.3 is 0 Å². The second kappa shape index (κ2) is 7.65. The van der Waals surface area contributed by atoms with Gasteiger partial charge in [0.1, 0.15) is 18.0 Å². The molecule has 13 heteroatoms. The van der Waals surface area contributed by atoms with Crippen LogP contribution in [0, 0.1) is 20.2 Å². The molecule has 2 unspecified atom stereocenters. The summed E-state index contributed by atoms with van der Waals surface area (Å²) >= 11 is 6.08. The number of β-lactam (4-membered cyclic amide) rings is 1. The molecule has 1 N–H and O–H groups in total. The Labute approximate surface area is 178 Å². The number of non-ortho nitro benzene ring substituents is 1. The van der Waals surface area contributed by atoms with Gasteiger partial charge in [-0.1, -0.05) is 12.1 Å². The number of benzene rings is 2. The number of hydrazine groups is 1. The lowest BCUT2D eigenvalue weighted by molar-refractivity contribution is -0.386. The van der Waals surface area contributed by atoms with Gasteiger partial charge >= 0.3 is 0 Å². The summed E-state index contributed by atoms with van der Waals surface area (Å²) in [7, 11) is 0. The van der Waals surface area contributed by atoms with Crippen LogP contribution in [0.2, 0.25) is 0 Å². The molecule has 0 radical (unpaired) electrons. The predicted molar refractivity (Wildman–Crippen MR) is 107 cm³/mol. The lowest BCUT2D eigenvalue weighted by Gasteiger charge is -2.43. The average Bonchev–Trinajstić information content (AvgIpc) is 3.15. The highest BCUT2D eigenvalue weighted by Crippen LogP contribution is 2.40. The van der Waals surface area contributed by atoms with Crippen molar-refractivity contribution in [2.24, 2.45) is 0 Å². The molecule has 2 amide bonds. The van der Waals surface area contributed by atoms with E-state index in [1.807, 2.05) is 0 Å². The number of carbonyl (C=O) groups is 2. The van der Waals surface area contributed by atoms with Crippen LogP contribution in [0.4, 0.5) is 11.4 Å². The smallest absolute Gasteiger partial charge is 0.271 e. The van der Waals surface area contributed by atoms with Gasteiger partial charge in [-0.25, -0.2) is 5.01 Å². The number of rotatable bonds is 6. The van der Waals surface area contributed by atoms with E-state index in [0.29, 0.717) is 10.9 Å². The van der Waals surface area contributed by atoms with E-state index in [0.717, 1.165) is 5.01 Å². The summed E-state index contributed by atoms with van der Waals surface area (Å²) in [4.78, 5) is 45.8. The van der Waals surface area contributed by atoms with Crippen molar-refractivity contribution < 1.29 is 19.4 Å². The molecule has 2 heterocycles. The van der Waals surface area contributed by atoms with Gasteiger partial charge in [-0.2, -0.15) is 5.10 Å². The molecule has 2 aromatic carbocycles. The first-order valence-electron chi connectivity index (χ1n) is 8.88. The molecule has 2 atom stereocenters. The minimum Gasteiger partial charge on any atom is -0.271 e. The lowest BCUT2D eigenvalue weighted by Crippen LogP contribution is -2.63. The first kappa shape index (κ1) is 20.2. The van der Waals surface area contributed by atoms with Crippen LogP contribution in [0.3, 0.4) is 0 Å². The van der Waals surface area contributed by atoms with Crippen molar-refractivity contribution in [1.29, 1.82) is 0 Å². The van der Waals surface area contributed by atoms with Crippen LogP contribution in [0.5, 0.6) is 0 Å². The highest BCUT2D eigenvalue weighted by Gasteiger charge is 2.50. The van der Waals surface area contributed by atoms with E-state index in [9.17, 15) is 29.8 Å². The van der Waals surface area contributed by atoms with E-state index in [1.165, 1.54) is 47.3 Å². The number of nitrogens with one attached hydrogen (secondary N) is 1.